The van der Waals surface area contributed by atoms with Crippen LogP contribution >= 0.6 is 0 Å². The van der Waals surface area contributed by atoms with Gasteiger partial charge in [0.15, 0.2) is 11.5 Å². The zero-order valence-corrected chi connectivity index (χ0v) is 20.0. The summed E-state index contributed by atoms with van der Waals surface area (Å²) in [6.45, 7) is 7.94. The highest BCUT2D eigenvalue weighted by Crippen LogP contribution is 2.32. The van der Waals surface area contributed by atoms with E-state index in [-0.39, 0.29) is 18.0 Å². The van der Waals surface area contributed by atoms with E-state index in [1.165, 1.54) is 25.8 Å². The van der Waals surface area contributed by atoms with Gasteiger partial charge in [-0.3, -0.25) is 9.10 Å². The Bertz CT molecular complexity index is 1010. The number of anilines is 1. The summed E-state index contributed by atoms with van der Waals surface area (Å²) in [6.07, 6.45) is 1.06. The number of benzene rings is 2. The molecule has 2 aromatic rings. The fraction of sp³-hybridized carbons (Fsp3) is 0.435. The topological polar surface area (TPSA) is 84.9 Å². The number of nitrogens with one attached hydrogen (secondary N) is 1. The molecule has 0 radical (unpaired) electrons. The van der Waals surface area contributed by atoms with Crippen LogP contribution in [-0.4, -0.2) is 41.3 Å². The van der Waals surface area contributed by atoms with Crippen LogP contribution in [0.2, 0.25) is 0 Å². The number of methoxy groups -OCH3 is 2. The number of hydrogen-bond donors (Lipinski definition) is 1. The van der Waals surface area contributed by atoms with Crippen molar-refractivity contribution in [1.82, 2.24) is 5.32 Å². The Morgan fingerprint density at radius 2 is 1.61 bits per heavy atom. The van der Waals surface area contributed by atoms with Gasteiger partial charge in [-0.15, -0.1) is 0 Å². The van der Waals surface area contributed by atoms with Crippen LogP contribution in [0.1, 0.15) is 44.9 Å². The largest absolute Gasteiger partial charge is 0.493 e. The van der Waals surface area contributed by atoms with E-state index in [9.17, 15) is 13.2 Å². The van der Waals surface area contributed by atoms with Gasteiger partial charge < -0.3 is 14.8 Å². The maximum Gasteiger partial charge on any atom is 0.241 e. The molecule has 0 aliphatic heterocycles. The smallest absolute Gasteiger partial charge is 0.241 e. The first-order chi connectivity index (χ1) is 14.4. The van der Waals surface area contributed by atoms with Crippen LogP contribution < -0.4 is 19.1 Å². The summed E-state index contributed by atoms with van der Waals surface area (Å²) in [5.74, 6) is 0.436. The number of nitrogens with zero attached hydrogens (tertiary/aromatic N) is 1. The minimum absolute atomic E-state index is 0.0421. The highest BCUT2D eigenvalue weighted by molar-refractivity contribution is 7.92. The highest BCUT2D eigenvalue weighted by Gasteiger charge is 2.23. The molecule has 0 unspecified atom stereocenters. The van der Waals surface area contributed by atoms with Crippen LogP contribution in [-0.2, 0) is 20.2 Å². The van der Waals surface area contributed by atoms with Crippen molar-refractivity contribution in [2.24, 2.45) is 0 Å². The van der Waals surface area contributed by atoms with Gasteiger partial charge in [0.25, 0.3) is 0 Å². The summed E-state index contributed by atoms with van der Waals surface area (Å²) < 4.78 is 36.3. The number of hydrogen-bond acceptors (Lipinski definition) is 5. The summed E-state index contributed by atoms with van der Waals surface area (Å²) in [5, 5.41) is 2.88. The molecular weight excluding hydrogens is 416 g/mol. The quantitative estimate of drug-likeness (QED) is 0.666. The Kier molecular flexibility index (Phi) is 7.59. The van der Waals surface area contributed by atoms with Crippen molar-refractivity contribution in [3.8, 4) is 11.5 Å². The third kappa shape index (κ3) is 6.37. The molecule has 1 amide bonds. The molecule has 170 valence electrons. The van der Waals surface area contributed by atoms with E-state index in [1.807, 2.05) is 31.2 Å². The molecule has 0 heterocycles. The van der Waals surface area contributed by atoms with Crippen molar-refractivity contribution in [1.29, 1.82) is 0 Å². The lowest BCUT2D eigenvalue weighted by Crippen LogP contribution is -2.41. The summed E-state index contributed by atoms with van der Waals surface area (Å²) in [6, 6.07) is 12.5. The third-order valence-corrected chi connectivity index (χ3v) is 6.14. The van der Waals surface area contributed by atoms with Gasteiger partial charge in [0, 0.05) is 6.07 Å². The predicted molar refractivity (Wildman–Crippen MR) is 123 cm³/mol. The molecule has 1 N–H and O–H groups in total. The molecule has 0 saturated heterocycles. The average Bonchev–Trinajstić information content (AvgIpc) is 2.70. The predicted octanol–water partition coefficient (Wildman–Crippen LogP) is 3.64. The van der Waals surface area contributed by atoms with E-state index in [4.69, 9.17) is 9.47 Å². The first kappa shape index (κ1) is 24.5. The molecule has 8 heteroatoms. The van der Waals surface area contributed by atoms with Crippen LogP contribution in [0.15, 0.2) is 42.5 Å². The molecule has 0 fully saturated rings. The molecule has 0 bridgehead atoms. The van der Waals surface area contributed by atoms with Crippen LogP contribution in [0.3, 0.4) is 0 Å². The second-order valence-corrected chi connectivity index (χ2v) is 10.4. The number of sulfonamides is 1. The molecule has 31 heavy (non-hydrogen) atoms. The maximum atomic E-state index is 12.7. The van der Waals surface area contributed by atoms with Crippen LogP contribution in [0.25, 0.3) is 0 Å². The molecule has 0 aliphatic rings. The first-order valence-corrected chi connectivity index (χ1v) is 11.8. The fourth-order valence-electron chi connectivity index (χ4n) is 3.15. The van der Waals surface area contributed by atoms with Crippen molar-refractivity contribution in [3.05, 3.63) is 53.6 Å². The fourth-order valence-corrected chi connectivity index (χ4v) is 4.00. The Morgan fingerprint density at radius 1 is 1.03 bits per heavy atom. The zero-order chi connectivity index (χ0) is 23.4. The zero-order valence-electron chi connectivity index (χ0n) is 19.2. The lowest BCUT2D eigenvalue weighted by Gasteiger charge is -2.24. The lowest BCUT2D eigenvalue weighted by molar-refractivity contribution is -0.120. The van der Waals surface area contributed by atoms with Gasteiger partial charge in [0.1, 0.15) is 6.54 Å². The summed E-state index contributed by atoms with van der Waals surface area (Å²) in [7, 11) is -0.745. The Labute approximate surface area is 185 Å². The van der Waals surface area contributed by atoms with Crippen molar-refractivity contribution in [2.75, 3.05) is 31.3 Å². The lowest BCUT2D eigenvalue weighted by atomic mass is 9.86. The van der Waals surface area contributed by atoms with Gasteiger partial charge in [-0.05, 0) is 35.6 Å². The van der Waals surface area contributed by atoms with Gasteiger partial charge in [-0.1, -0.05) is 45.0 Å². The SMILES string of the molecule is COc1ccc(N(CC(=O)N[C@H](C)c2ccc(C(C)(C)C)cc2)S(C)(=O)=O)cc1OC. The van der Waals surface area contributed by atoms with E-state index >= 15 is 0 Å². The molecule has 2 aromatic carbocycles. The summed E-state index contributed by atoms with van der Waals surface area (Å²) in [5.41, 5.74) is 2.50. The molecular formula is C23H32N2O5S. The second-order valence-electron chi connectivity index (χ2n) is 8.47. The van der Waals surface area contributed by atoms with Crippen molar-refractivity contribution >= 4 is 21.6 Å². The number of carbonyl (C=O) groups is 1. The monoisotopic (exact) mass is 448 g/mol. The van der Waals surface area contributed by atoms with Crippen molar-refractivity contribution < 1.29 is 22.7 Å². The molecule has 0 spiro atoms. The molecule has 1 atom stereocenters. The van der Waals surface area contributed by atoms with E-state index in [2.05, 4.69) is 26.1 Å². The minimum Gasteiger partial charge on any atom is -0.493 e. The van der Waals surface area contributed by atoms with E-state index < -0.39 is 15.9 Å². The van der Waals surface area contributed by atoms with Crippen molar-refractivity contribution in [3.63, 3.8) is 0 Å². The number of amides is 1. The number of carbonyl (C=O) groups excluding carboxylic acids is 1. The number of ether oxygens (including phenoxy) is 2. The Hall–Kier alpha value is -2.74. The van der Waals surface area contributed by atoms with E-state index in [0.717, 1.165) is 16.1 Å². The van der Waals surface area contributed by atoms with Gasteiger partial charge in [0.05, 0.1) is 32.2 Å². The van der Waals surface area contributed by atoms with Gasteiger partial charge >= 0.3 is 0 Å². The van der Waals surface area contributed by atoms with Crippen LogP contribution in [0, 0.1) is 0 Å². The minimum atomic E-state index is -3.70. The normalized spacial score (nSPS) is 12.7. The molecule has 2 rings (SSSR count). The Morgan fingerprint density at radius 3 is 2.10 bits per heavy atom. The molecule has 0 aromatic heterocycles. The number of rotatable bonds is 8. The maximum absolute atomic E-state index is 12.7. The Balaban J connectivity index is 2.18. The van der Waals surface area contributed by atoms with Crippen LogP contribution in [0.5, 0.6) is 11.5 Å². The molecule has 0 saturated carbocycles. The second kappa shape index (κ2) is 9.60. The first-order valence-electron chi connectivity index (χ1n) is 9.96. The average molecular weight is 449 g/mol. The van der Waals surface area contributed by atoms with Gasteiger partial charge in [-0.2, -0.15) is 0 Å². The molecule has 7 nitrogen and oxygen atoms in total. The van der Waals surface area contributed by atoms with Crippen molar-refractivity contribution in [2.45, 2.75) is 39.2 Å². The van der Waals surface area contributed by atoms with E-state index in [1.54, 1.807) is 12.1 Å². The van der Waals surface area contributed by atoms with E-state index in [0.29, 0.717) is 17.2 Å². The third-order valence-electron chi connectivity index (χ3n) is 5.00. The highest BCUT2D eigenvalue weighted by atomic mass is 32.2. The molecule has 0 aliphatic carbocycles. The summed E-state index contributed by atoms with van der Waals surface area (Å²) in [4.78, 5) is 12.7. The van der Waals surface area contributed by atoms with Gasteiger partial charge in [0.2, 0.25) is 15.9 Å². The van der Waals surface area contributed by atoms with Crippen LogP contribution in [0.4, 0.5) is 5.69 Å². The van der Waals surface area contributed by atoms with Gasteiger partial charge in [-0.25, -0.2) is 8.42 Å². The standard InChI is InChI=1S/C23H32N2O5S/c1-16(17-8-10-18(11-9-17)23(2,3)4)24-22(26)15-25(31(7,27)28)19-12-13-20(29-5)21(14-19)30-6/h8-14,16H,15H2,1-7H3,(H,24,26)/t16-/m1/s1. The summed E-state index contributed by atoms with van der Waals surface area (Å²) >= 11 is 0.